The van der Waals surface area contributed by atoms with Gasteiger partial charge in [-0.25, -0.2) is 0 Å². The standard InChI is InChI=1S/C22H25NO4/c1-15-6-4-7-18(12-15)27-11-5-10-23-20-9-8-16(2)13-19(20)22(26,21(23)25)14-17(3)24/h4,6-9,12-13,26H,5,10-11,14H2,1-3H3/t22-/m1/s1. The Bertz CT molecular complexity index is 876. The summed E-state index contributed by atoms with van der Waals surface area (Å²) in [5.74, 6) is 0.142. The fraction of sp³-hybridized carbons (Fsp3) is 0.364. The lowest BCUT2D eigenvalue weighted by Gasteiger charge is -2.22. The van der Waals surface area contributed by atoms with Crippen molar-refractivity contribution in [2.75, 3.05) is 18.1 Å². The maximum atomic E-state index is 12.9. The molecule has 1 atom stereocenters. The van der Waals surface area contributed by atoms with Crippen molar-refractivity contribution >= 4 is 17.4 Å². The number of benzene rings is 2. The van der Waals surface area contributed by atoms with Crippen molar-refractivity contribution in [1.29, 1.82) is 0 Å². The first kappa shape index (κ1) is 19.1. The van der Waals surface area contributed by atoms with Crippen LogP contribution in [0.3, 0.4) is 0 Å². The van der Waals surface area contributed by atoms with E-state index in [1.54, 1.807) is 11.0 Å². The van der Waals surface area contributed by atoms with E-state index in [0.717, 1.165) is 16.9 Å². The molecule has 0 bridgehead atoms. The molecule has 2 aromatic rings. The number of ether oxygens (including phenoxy) is 1. The molecule has 0 fully saturated rings. The number of hydrogen-bond donors (Lipinski definition) is 1. The summed E-state index contributed by atoms with van der Waals surface area (Å²) in [6, 6.07) is 13.3. The first-order chi connectivity index (χ1) is 12.8. The first-order valence-electron chi connectivity index (χ1n) is 9.15. The number of Topliss-reactive ketones (excluding diaryl/α,β-unsaturated/α-hetero) is 1. The minimum atomic E-state index is -1.77. The lowest BCUT2D eigenvalue weighted by molar-refractivity contribution is -0.141. The lowest BCUT2D eigenvalue weighted by Crippen LogP contribution is -2.42. The Labute approximate surface area is 159 Å². The lowest BCUT2D eigenvalue weighted by atomic mass is 9.89. The van der Waals surface area contributed by atoms with Crippen LogP contribution in [0.5, 0.6) is 5.75 Å². The van der Waals surface area contributed by atoms with E-state index in [1.807, 2.05) is 50.2 Å². The van der Waals surface area contributed by atoms with Crippen molar-refractivity contribution in [3.05, 3.63) is 59.2 Å². The molecule has 0 aromatic heterocycles. The second-order valence-corrected chi connectivity index (χ2v) is 7.23. The third kappa shape index (κ3) is 3.88. The average Bonchev–Trinajstić information content (AvgIpc) is 2.79. The van der Waals surface area contributed by atoms with E-state index in [4.69, 9.17) is 4.74 Å². The average molecular weight is 367 g/mol. The van der Waals surface area contributed by atoms with Gasteiger partial charge in [-0.2, -0.15) is 0 Å². The molecule has 1 amide bonds. The van der Waals surface area contributed by atoms with Crippen molar-refractivity contribution < 1.29 is 19.4 Å². The molecule has 0 aliphatic carbocycles. The van der Waals surface area contributed by atoms with E-state index in [9.17, 15) is 14.7 Å². The summed E-state index contributed by atoms with van der Waals surface area (Å²) < 4.78 is 5.75. The molecule has 2 aromatic carbocycles. The third-order valence-corrected chi connectivity index (χ3v) is 4.78. The molecule has 1 aliphatic heterocycles. The van der Waals surface area contributed by atoms with Gasteiger partial charge in [-0.15, -0.1) is 0 Å². The van der Waals surface area contributed by atoms with Gasteiger partial charge >= 0.3 is 0 Å². The minimum Gasteiger partial charge on any atom is -0.494 e. The molecule has 27 heavy (non-hydrogen) atoms. The Balaban J connectivity index is 1.72. The summed E-state index contributed by atoms with van der Waals surface area (Å²) in [4.78, 5) is 26.1. The zero-order valence-corrected chi connectivity index (χ0v) is 16.0. The number of ketones is 1. The maximum absolute atomic E-state index is 12.9. The van der Waals surface area contributed by atoms with E-state index in [-0.39, 0.29) is 12.2 Å². The molecular weight excluding hydrogens is 342 g/mol. The Hall–Kier alpha value is -2.66. The van der Waals surface area contributed by atoms with E-state index in [1.165, 1.54) is 6.92 Å². The number of carbonyl (C=O) groups excluding carboxylic acids is 2. The van der Waals surface area contributed by atoms with Crippen molar-refractivity contribution in [1.82, 2.24) is 0 Å². The summed E-state index contributed by atoms with van der Waals surface area (Å²) in [6.07, 6.45) is 0.404. The zero-order chi connectivity index (χ0) is 19.6. The highest BCUT2D eigenvalue weighted by molar-refractivity contribution is 6.08. The van der Waals surface area contributed by atoms with Gasteiger partial charge in [-0.1, -0.05) is 29.8 Å². The molecule has 1 N–H and O–H groups in total. The van der Waals surface area contributed by atoms with Crippen molar-refractivity contribution in [2.45, 2.75) is 39.2 Å². The fourth-order valence-electron chi connectivity index (χ4n) is 3.54. The van der Waals surface area contributed by atoms with Crippen LogP contribution in [0.1, 0.15) is 36.5 Å². The Morgan fingerprint density at radius 2 is 1.89 bits per heavy atom. The highest BCUT2D eigenvalue weighted by Gasteiger charge is 2.50. The van der Waals surface area contributed by atoms with Crippen molar-refractivity contribution in [3.8, 4) is 5.75 Å². The Morgan fingerprint density at radius 1 is 1.15 bits per heavy atom. The number of hydrogen-bond acceptors (Lipinski definition) is 4. The fourth-order valence-corrected chi connectivity index (χ4v) is 3.54. The number of amides is 1. The summed E-state index contributed by atoms with van der Waals surface area (Å²) >= 11 is 0. The zero-order valence-electron chi connectivity index (χ0n) is 16.0. The van der Waals surface area contributed by atoms with Gasteiger partial charge in [0, 0.05) is 18.5 Å². The summed E-state index contributed by atoms with van der Waals surface area (Å²) in [5.41, 5.74) is 1.48. The highest BCUT2D eigenvalue weighted by atomic mass is 16.5. The normalized spacial score (nSPS) is 18.5. The largest absolute Gasteiger partial charge is 0.494 e. The van der Waals surface area contributed by atoms with Gasteiger partial charge < -0.3 is 14.7 Å². The van der Waals surface area contributed by atoms with Gasteiger partial charge in [0.2, 0.25) is 0 Å². The highest BCUT2D eigenvalue weighted by Crippen LogP contribution is 2.43. The van der Waals surface area contributed by atoms with Crippen LogP contribution >= 0.6 is 0 Å². The van der Waals surface area contributed by atoms with Crippen molar-refractivity contribution in [2.24, 2.45) is 0 Å². The van der Waals surface area contributed by atoms with Gasteiger partial charge in [0.15, 0.2) is 5.60 Å². The molecule has 1 aliphatic rings. The van der Waals surface area contributed by atoms with E-state index < -0.39 is 11.5 Å². The van der Waals surface area contributed by atoms with E-state index in [2.05, 4.69) is 0 Å². The maximum Gasteiger partial charge on any atom is 0.264 e. The van der Waals surface area contributed by atoms with Crippen LogP contribution in [-0.2, 0) is 15.2 Å². The molecular formula is C22H25NO4. The summed E-state index contributed by atoms with van der Waals surface area (Å²) in [7, 11) is 0. The third-order valence-electron chi connectivity index (χ3n) is 4.78. The minimum absolute atomic E-state index is 0.210. The quantitative estimate of drug-likeness (QED) is 0.763. The molecule has 3 rings (SSSR count). The predicted molar refractivity (Wildman–Crippen MR) is 104 cm³/mol. The predicted octanol–water partition coefficient (Wildman–Crippen LogP) is 3.29. The number of aliphatic hydroxyl groups is 1. The van der Waals surface area contributed by atoms with Crippen LogP contribution in [0, 0.1) is 13.8 Å². The first-order valence-corrected chi connectivity index (χ1v) is 9.15. The molecule has 5 heteroatoms. The second kappa shape index (κ2) is 7.53. The van der Waals surface area contributed by atoms with E-state index in [0.29, 0.717) is 30.8 Å². The van der Waals surface area contributed by atoms with E-state index >= 15 is 0 Å². The number of aryl methyl sites for hydroxylation is 2. The van der Waals surface area contributed by atoms with Crippen LogP contribution in [0.15, 0.2) is 42.5 Å². The molecule has 5 nitrogen and oxygen atoms in total. The molecule has 0 saturated carbocycles. The molecule has 142 valence electrons. The second-order valence-electron chi connectivity index (χ2n) is 7.23. The SMILES string of the molecule is CC(=O)C[C@]1(O)C(=O)N(CCCOc2cccc(C)c2)c2ccc(C)cc21. The van der Waals surface area contributed by atoms with Crippen LogP contribution in [0.4, 0.5) is 5.69 Å². The van der Waals surface area contributed by atoms with Crippen LogP contribution in [-0.4, -0.2) is 29.9 Å². The van der Waals surface area contributed by atoms with Gasteiger partial charge in [0.25, 0.3) is 5.91 Å². The number of anilines is 1. The number of rotatable bonds is 7. The number of nitrogens with zero attached hydrogens (tertiary/aromatic N) is 1. The number of carbonyl (C=O) groups is 2. The van der Waals surface area contributed by atoms with Crippen LogP contribution in [0.25, 0.3) is 0 Å². The van der Waals surface area contributed by atoms with Crippen LogP contribution < -0.4 is 9.64 Å². The van der Waals surface area contributed by atoms with Crippen LogP contribution in [0.2, 0.25) is 0 Å². The number of fused-ring (bicyclic) bond motifs is 1. The molecule has 1 heterocycles. The molecule has 0 saturated heterocycles. The Morgan fingerprint density at radius 3 is 2.59 bits per heavy atom. The molecule has 0 spiro atoms. The Kier molecular flexibility index (Phi) is 5.33. The smallest absolute Gasteiger partial charge is 0.264 e. The van der Waals surface area contributed by atoms with Gasteiger partial charge in [-0.3, -0.25) is 9.59 Å². The summed E-state index contributed by atoms with van der Waals surface area (Å²) in [5, 5.41) is 11.0. The summed E-state index contributed by atoms with van der Waals surface area (Å²) in [6.45, 7) is 6.17. The topological polar surface area (TPSA) is 66.8 Å². The molecule has 0 radical (unpaired) electrons. The van der Waals surface area contributed by atoms with Gasteiger partial charge in [0.05, 0.1) is 12.3 Å². The van der Waals surface area contributed by atoms with Gasteiger partial charge in [-0.05, 0) is 51.0 Å². The van der Waals surface area contributed by atoms with Crippen molar-refractivity contribution in [3.63, 3.8) is 0 Å². The monoisotopic (exact) mass is 367 g/mol. The molecule has 0 unspecified atom stereocenters. The van der Waals surface area contributed by atoms with Gasteiger partial charge in [0.1, 0.15) is 11.5 Å².